The number of fused-ring (bicyclic) bond motifs is 1. The van der Waals surface area contributed by atoms with E-state index in [0.717, 1.165) is 17.7 Å². The molecule has 0 aliphatic carbocycles. The number of likely N-dealkylation sites (tertiary alicyclic amines) is 1. The van der Waals surface area contributed by atoms with Crippen LogP contribution in [0.5, 0.6) is 0 Å². The van der Waals surface area contributed by atoms with E-state index in [1.54, 1.807) is 33.8 Å². The highest BCUT2D eigenvalue weighted by atomic mass is 19.1. The van der Waals surface area contributed by atoms with Gasteiger partial charge in [0.05, 0.1) is 18.0 Å². The Balaban J connectivity index is 1.70. The first-order valence-corrected chi connectivity index (χ1v) is 8.69. The molecule has 0 spiro atoms. The van der Waals surface area contributed by atoms with Crippen molar-refractivity contribution in [3.8, 4) is 11.3 Å². The maximum absolute atomic E-state index is 13.2. The normalized spacial score (nSPS) is 18.1. The maximum Gasteiger partial charge on any atom is 0.259 e. The number of hydrogen-bond donors (Lipinski definition) is 1. The van der Waals surface area contributed by atoms with Gasteiger partial charge in [0.25, 0.3) is 5.91 Å². The summed E-state index contributed by atoms with van der Waals surface area (Å²) < 4.78 is 14.8. The monoisotopic (exact) mass is 354 g/mol. The van der Waals surface area contributed by atoms with Gasteiger partial charge in [-0.05, 0) is 49.6 Å². The van der Waals surface area contributed by atoms with Gasteiger partial charge in [0.1, 0.15) is 11.4 Å². The zero-order valence-corrected chi connectivity index (χ0v) is 14.2. The standard InChI is InChI=1S/C19H19FN4O2/c20-14-5-3-13(4-6-14)17-7-9-21-18-16(12-22-24(17)18)19(26)23-10-1-2-15(25)8-11-23/h3-7,9,12,15,25H,1-2,8,10-11H2. The molecule has 134 valence electrons. The number of aliphatic hydroxyl groups excluding tert-OH is 1. The van der Waals surface area contributed by atoms with Crippen molar-refractivity contribution >= 4 is 11.6 Å². The van der Waals surface area contributed by atoms with Gasteiger partial charge in [-0.1, -0.05) is 0 Å². The molecule has 1 unspecified atom stereocenters. The lowest BCUT2D eigenvalue weighted by molar-refractivity contribution is 0.0755. The average molecular weight is 354 g/mol. The highest BCUT2D eigenvalue weighted by molar-refractivity contribution is 6.00. The van der Waals surface area contributed by atoms with Crippen molar-refractivity contribution < 1.29 is 14.3 Å². The second-order valence-electron chi connectivity index (χ2n) is 6.51. The molecule has 1 saturated heterocycles. The highest BCUT2D eigenvalue weighted by Gasteiger charge is 2.24. The van der Waals surface area contributed by atoms with Gasteiger partial charge in [0, 0.05) is 24.8 Å². The molecule has 1 amide bonds. The van der Waals surface area contributed by atoms with Crippen LogP contribution in [0.25, 0.3) is 16.9 Å². The van der Waals surface area contributed by atoms with Crippen molar-refractivity contribution in [1.29, 1.82) is 0 Å². The van der Waals surface area contributed by atoms with Crippen LogP contribution in [-0.2, 0) is 0 Å². The molecular formula is C19H19FN4O2. The van der Waals surface area contributed by atoms with E-state index in [2.05, 4.69) is 10.1 Å². The number of carbonyl (C=O) groups is 1. The lowest BCUT2D eigenvalue weighted by atomic mass is 10.1. The minimum Gasteiger partial charge on any atom is -0.393 e. The Bertz CT molecular complexity index is 938. The Morgan fingerprint density at radius 2 is 1.96 bits per heavy atom. The number of hydrogen-bond acceptors (Lipinski definition) is 4. The smallest absolute Gasteiger partial charge is 0.259 e. The SMILES string of the molecule is O=C(c1cnn2c(-c3ccc(F)cc3)ccnc12)N1CCCC(O)CC1. The molecule has 0 bridgehead atoms. The average Bonchev–Trinajstić information content (AvgIpc) is 2.97. The molecule has 4 rings (SSSR count). The van der Waals surface area contributed by atoms with E-state index in [9.17, 15) is 14.3 Å². The molecule has 2 aromatic heterocycles. The highest BCUT2D eigenvalue weighted by Crippen LogP contribution is 2.22. The van der Waals surface area contributed by atoms with Gasteiger partial charge in [0.15, 0.2) is 5.65 Å². The molecular weight excluding hydrogens is 335 g/mol. The van der Waals surface area contributed by atoms with Crippen LogP contribution < -0.4 is 0 Å². The predicted octanol–water partition coefficient (Wildman–Crippen LogP) is 2.52. The lowest BCUT2D eigenvalue weighted by Gasteiger charge is -2.19. The van der Waals surface area contributed by atoms with Gasteiger partial charge in [-0.15, -0.1) is 0 Å². The number of rotatable bonds is 2. The summed E-state index contributed by atoms with van der Waals surface area (Å²) in [6.45, 7) is 1.14. The zero-order chi connectivity index (χ0) is 18.1. The van der Waals surface area contributed by atoms with E-state index in [4.69, 9.17) is 0 Å². The fraction of sp³-hybridized carbons (Fsp3) is 0.316. The van der Waals surface area contributed by atoms with E-state index in [1.807, 2.05) is 0 Å². The van der Waals surface area contributed by atoms with Gasteiger partial charge in [-0.3, -0.25) is 4.79 Å². The van der Waals surface area contributed by atoms with Crippen molar-refractivity contribution in [3.63, 3.8) is 0 Å². The lowest BCUT2D eigenvalue weighted by Crippen LogP contribution is -2.32. The Hall–Kier alpha value is -2.80. The Morgan fingerprint density at radius 1 is 1.15 bits per heavy atom. The Morgan fingerprint density at radius 3 is 2.77 bits per heavy atom. The number of aliphatic hydroxyl groups is 1. The molecule has 1 aromatic carbocycles. The molecule has 3 aromatic rings. The minimum absolute atomic E-state index is 0.127. The molecule has 0 saturated carbocycles. The van der Waals surface area contributed by atoms with E-state index < -0.39 is 0 Å². The quantitative estimate of drug-likeness (QED) is 0.768. The van der Waals surface area contributed by atoms with Crippen molar-refractivity contribution in [3.05, 3.63) is 54.1 Å². The van der Waals surface area contributed by atoms with Gasteiger partial charge in [-0.2, -0.15) is 5.10 Å². The van der Waals surface area contributed by atoms with Crippen molar-refractivity contribution in [2.75, 3.05) is 13.1 Å². The zero-order valence-electron chi connectivity index (χ0n) is 14.2. The first-order chi connectivity index (χ1) is 12.6. The number of nitrogens with zero attached hydrogens (tertiary/aromatic N) is 4. The van der Waals surface area contributed by atoms with E-state index in [0.29, 0.717) is 37.1 Å². The Labute approximate surface area is 149 Å². The number of carbonyl (C=O) groups excluding carboxylic acids is 1. The van der Waals surface area contributed by atoms with Gasteiger partial charge < -0.3 is 10.0 Å². The van der Waals surface area contributed by atoms with Crippen LogP contribution in [0.2, 0.25) is 0 Å². The summed E-state index contributed by atoms with van der Waals surface area (Å²) in [5.41, 5.74) is 2.44. The number of benzene rings is 1. The van der Waals surface area contributed by atoms with E-state index in [-0.39, 0.29) is 17.8 Å². The van der Waals surface area contributed by atoms with Crippen LogP contribution in [-0.4, -0.2) is 49.7 Å². The van der Waals surface area contributed by atoms with Crippen molar-refractivity contribution in [2.45, 2.75) is 25.4 Å². The summed E-state index contributed by atoms with van der Waals surface area (Å²) in [4.78, 5) is 19.0. The second-order valence-corrected chi connectivity index (χ2v) is 6.51. The summed E-state index contributed by atoms with van der Waals surface area (Å²) >= 11 is 0. The Kier molecular flexibility index (Phi) is 4.38. The fourth-order valence-corrected chi connectivity index (χ4v) is 3.33. The number of aromatic nitrogens is 3. The molecule has 1 aliphatic heterocycles. The first kappa shape index (κ1) is 16.7. The molecule has 6 nitrogen and oxygen atoms in total. The summed E-state index contributed by atoms with van der Waals surface area (Å²) in [5.74, 6) is -0.434. The van der Waals surface area contributed by atoms with E-state index in [1.165, 1.54) is 18.3 Å². The molecule has 1 fully saturated rings. The third-order valence-corrected chi connectivity index (χ3v) is 4.76. The number of amides is 1. The van der Waals surface area contributed by atoms with Gasteiger partial charge in [-0.25, -0.2) is 13.9 Å². The molecule has 3 heterocycles. The molecule has 1 atom stereocenters. The minimum atomic E-state index is -0.347. The van der Waals surface area contributed by atoms with Crippen molar-refractivity contribution in [1.82, 2.24) is 19.5 Å². The van der Waals surface area contributed by atoms with E-state index >= 15 is 0 Å². The molecule has 1 aliphatic rings. The third-order valence-electron chi connectivity index (χ3n) is 4.76. The second kappa shape index (κ2) is 6.84. The van der Waals surface area contributed by atoms with Crippen LogP contribution in [0.1, 0.15) is 29.6 Å². The largest absolute Gasteiger partial charge is 0.393 e. The summed E-state index contributed by atoms with van der Waals surface area (Å²) in [7, 11) is 0. The third kappa shape index (κ3) is 3.06. The van der Waals surface area contributed by atoms with Gasteiger partial charge in [0.2, 0.25) is 0 Å². The predicted molar refractivity (Wildman–Crippen MR) is 94.1 cm³/mol. The molecule has 0 radical (unpaired) electrons. The first-order valence-electron chi connectivity index (χ1n) is 8.69. The van der Waals surface area contributed by atoms with Crippen LogP contribution in [0, 0.1) is 5.82 Å². The maximum atomic E-state index is 13.2. The van der Waals surface area contributed by atoms with Gasteiger partial charge >= 0.3 is 0 Å². The molecule has 1 N–H and O–H groups in total. The van der Waals surface area contributed by atoms with Crippen LogP contribution in [0.3, 0.4) is 0 Å². The van der Waals surface area contributed by atoms with Crippen LogP contribution >= 0.6 is 0 Å². The number of halogens is 1. The molecule has 7 heteroatoms. The topological polar surface area (TPSA) is 70.7 Å². The summed E-state index contributed by atoms with van der Waals surface area (Å²) in [6.07, 6.45) is 4.88. The summed E-state index contributed by atoms with van der Waals surface area (Å²) in [6, 6.07) is 7.90. The van der Waals surface area contributed by atoms with Crippen molar-refractivity contribution in [2.24, 2.45) is 0 Å². The fourth-order valence-electron chi connectivity index (χ4n) is 3.33. The summed E-state index contributed by atoms with van der Waals surface area (Å²) in [5, 5.41) is 14.1. The van der Waals surface area contributed by atoms with Crippen LogP contribution in [0.15, 0.2) is 42.7 Å². The molecule has 26 heavy (non-hydrogen) atoms. The van der Waals surface area contributed by atoms with Crippen LogP contribution in [0.4, 0.5) is 4.39 Å².